The predicted molar refractivity (Wildman–Crippen MR) is 79.6 cm³/mol. The van der Waals surface area contributed by atoms with E-state index in [1.54, 1.807) is 31.4 Å². The van der Waals surface area contributed by atoms with Gasteiger partial charge in [-0.1, -0.05) is 13.8 Å². The van der Waals surface area contributed by atoms with Crippen LogP contribution in [0, 0.1) is 5.41 Å². The minimum absolute atomic E-state index is 0.0279. The molecule has 0 saturated heterocycles. The van der Waals surface area contributed by atoms with Crippen LogP contribution in [0.3, 0.4) is 0 Å². The fraction of sp³-hybridized carbons (Fsp3) is 0.600. The van der Waals surface area contributed by atoms with E-state index in [-0.39, 0.29) is 11.5 Å². The summed E-state index contributed by atoms with van der Waals surface area (Å²) in [5.41, 5.74) is 6.10. The molecule has 1 aromatic carbocycles. The van der Waals surface area contributed by atoms with Gasteiger partial charge < -0.3 is 10.5 Å². The molecule has 0 spiro atoms. The van der Waals surface area contributed by atoms with Crippen LogP contribution in [0.15, 0.2) is 29.2 Å². The Morgan fingerprint density at radius 3 is 2.40 bits per heavy atom. The van der Waals surface area contributed by atoms with E-state index in [0.717, 1.165) is 12.8 Å². The summed E-state index contributed by atoms with van der Waals surface area (Å²) in [5, 5.41) is -0.500. The van der Waals surface area contributed by atoms with E-state index in [4.69, 9.17) is 10.5 Å². The molecule has 5 heteroatoms. The Hall–Kier alpha value is -1.07. The minimum Gasteiger partial charge on any atom is -0.497 e. The number of sulfone groups is 1. The molecule has 1 fully saturated rings. The molecule has 112 valence electrons. The Morgan fingerprint density at radius 1 is 1.25 bits per heavy atom. The van der Waals surface area contributed by atoms with Crippen molar-refractivity contribution in [2.45, 2.75) is 49.3 Å². The lowest BCUT2D eigenvalue weighted by Gasteiger charge is -2.38. The molecule has 2 rings (SSSR count). The van der Waals surface area contributed by atoms with E-state index >= 15 is 0 Å². The molecule has 0 amide bonds. The van der Waals surface area contributed by atoms with Gasteiger partial charge in [0.1, 0.15) is 5.75 Å². The van der Waals surface area contributed by atoms with Gasteiger partial charge in [0, 0.05) is 6.04 Å². The van der Waals surface area contributed by atoms with Crippen LogP contribution in [0.25, 0.3) is 0 Å². The van der Waals surface area contributed by atoms with Gasteiger partial charge in [0.15, 0.2) is 9.84 Å². The summed E-state index contributed by atoms with van der Waals surface area (Å²) >= 11 is 0. The zero-order chi connectivity index (χ0) is 15.0. The first-order chi connectivity index (χ1) is 9.26. The number of rotatable bonds is 3. The molecule has 1 aromatic rings. The smallest absolute Gasteiger partial charge is 0.182 e. The van der Waals surface area contributed by atoms with Crippen molar-refractivity contribution in [2.75, 3.05) is 7.11 Å². The van der Waals surface area contributed by atoms with Crippen molar-refractivity contribution in [3.8, 4) is 5.75 Å². The lowest BCUT2D eigenvalue weighted by molar-refractivity contribution is 0.227. The van der Waals surface area contributed by atoms with Crippen LogP contribution in [0.5, 0.6) is 5.75 Å². The number of methoxy groups -OCH3 is 1. The standard InChI is InChI=1S/C15H23NO3S/c1-15(2)9-8-13(16)14(10-15)20(17,18)12-6-4-11(19-3)5-7-12/h4-7,13-14H,8-10,16H2,1-3H3. The maximum atomic E-state index is 12.8. The van der Waals surface area contributed by atoms with Gasteiger partial charge in [-0.2, -0.15) is 0 Å². The minimum atomic E-state index is -3.39. The average molecular weight is 297 g/mol. The van der Waals surface area contributed by atoms with Crippen molar-refractivity contribution in [2.24, 2.45) is 11.1 Å². The molecule has 20 heavy (non-hydrogen) atoms. The summed E-state index contributed by atoms with van der Waals surface area (Å²) in [5.74, 6) is 0.650. The fourth-order valence-electron chi connectivity index (χ4n) is 2.82. The van der Waals surface area contributed by atoms with Crippen LogP contribution in [0.4, 0.5) is 0 Å². The van der Waals surface area contributed by atoms with Gasteiger partial charge in [-0.3, -0.25) is 0 Å². The normalized spacial score (nSPS) is 26.2. The van der Waals surface area contributed by atoms with Gasteiger partial charge in [-0.15, -0.1) is 0 Å². The summed E-state index contributed by atoms with van der Waals surface area (Å²) in [4.78, 5) is 0.330. The number of hydrogen-bond acceptors (Lipinski definition) is 4. The van der Waals surface area contributed by atoms with Crippen molar-refractivity contribution in [1.29, 1.82) is 0 Å². The van der Waals surface area contributed by atoms with Crippen LogP contribution in [-0.4, -0.2) is 26.8 Å². The van der Waals surface area contributed by atoms with Crippen LogP contribution in [0.2, 0.25) is 0 Å². The molecular weight excluding hydrogens is 274 g/mol. The molecule has 0 radical (unpaired) electrons. The Labute approximate surface area is 121 Å². The van der Waals surface area contributed by atoms with Crippen molar-refractivity contribution in [3.05, 3.63) is 24.3 Å². The maximum absolute atomic E-state index is 12.8. The predicted octanol–water partition coefficient (Wildman–Crippen LogP) is 2.37. The summed E-state index contributed by atoms with van der Waals surface area (Å²) < 4.78 is 30.6. The Balaban J connectivity index is 2.32. The zero-order valence-corrected chi connectivity index (χ0v) is 13.1. The second-order valence-electron chi connectivity index (χ2n) is 6.33. The van der Waals surface area contributed by atoms with Gasteiger partial charge in [-0.05, 0) is 48.9 Å². The quantitative estimate of drug-likeness (QED) is 0.930. The Kier molecular flexibility index (Phi) is 4.12. The molecule has 2 N–H and O–H groups in total. The first-order valence-corrected chi connectivity index (χ1v) is 8.44. The molecule has 1 aliphatic rings. The Morgan fingerprint density at radius 2 is 1.85 bits per heavy atom. The first-order valence-electron chi connectivity index (χ1n) is 6.90. The van der Waals surface area contributed by atoms with E-state index in [2.05, 4.69) is 13.8 Å². The molecule has 0 aromatic heterocycles. The molecule has 0 bridgehead atoms. The SMILES string of the molecule is COc1ccc(S(=O)(=O)C2CC(C)(C)CCC2N)cc1. The van der Waals surface area contributed by atoms with Crippen molar-refractivity contribution in [3.63, 3.8) is 0 Å². The van der Waals surface area contributed by atoms with E-state index in [9.17, 15) is 8.42 Å². The second kappa shape index (κ2) is 5.37. The zero-order valence-electron chi connectivity index (χ0n) is 12.3. The van der Waals surface area contributed by atoms with Gasteiger partial charge in [0.05, 0.1) is 17.3 Å². The number of nitrogens with two attached hydrogens (primary N) is 1. The summed E-state index contributed by atoms with van der Waals surface area (Å²) in [6, 6.07) is 6.26. The molecule has 1 saturated carbocycles. The van der Waals surface area contributed by atoms with Gasteiger partial charge >= 0.3 is 0 Å². The average Bonchev–Trinajstić information content (AvgIpc) is 2.41. The first kappa shape index (κ1) is 15.3. The third-order valence-electron chi connectivity index (χ3n) is 4.17. The second-order valence-corrected chi connectivity index (χ2v) is 8.50. The lowest BCUT2D eigenvalue weighted by Crippen LogP contribution is -2.47. The van der Waals surface area contributed by atoms with E-state index in [1.165, 1.54) is 0 Å². The molecular formula is C15H23NO3S. The fourth-order valence-corrected chi connectivity index (χ4v) is 4.95. The van der Waals surface area contributed by atoms with Crippen molar-refractivity contribution >= 4 is 9.84 Å². The number of ether oxygens (including phenoxy) is 1. The van der Waals surface area contributed by atoms with Gasteiger partial charge in [0.25, 0.3) is 0 Å². The van der Waals surface area contributed by atoms with Gasteiger partial charge in [-0.25, -0.2) is 8.42 Å². The van der Waals surface area contributed by atoms with E-state index in [0.29, 0.717) is 17.1 Å². The van der Waals surface area contributed by atoms with Crippen LogP contribution in [0.1, 0.15) is 33.1 Å². The molecule has 0 aliphatic heterocycles. The number of benzene rings is 1. The molecule has 1 aliphatic carbocycles. The highest BCUT2D eigenvalue weighted by atomic mass is 32.2. The highest BCUT2D eigenvalue weighted by Crippen LogP contribution is 2.39. The lowest BCUT2D eigenvalue weighted by atomic mass is 9.75. The monoisotopic (exact) mass is 297 g/mol. The summed E-state index contributed by atoms with van der Waals surface area (Å²) in [6.45, 7) is 4.21. The van der Waals surface area contributed by atoms with Crippen LogP contribution in [-0.2, 0) is 9.84 Å². The molecule has 2 atom stereocenters. The molecule has 0 heterocycles. The molecule has 2 unspecified atom stereocenters. The summed E-state index contributed by atoms with van der Waals surface area (Å²) in [7, 11) is -1.83. The largest absolute Gasteiger partial charge is 0.497 e. The van der Waals surface area contributed by atoms with Crippen LogP contribution >= 0.6 is 0 Å². The van der Waals surface area contributed by atoms with Crippen molar-refractivity contribution in [1.82, 2.24) is 0 Å². The van der Waals surface area contributed by atoms with E-state index in [1.807, 2.05) is 0 Å². The highest BCUT2D eigenvalue weighted by Gasteiger charge is 2.41. The topological polar surface area (TPSA) is 69.4 Å². The highest BCUT2D eigenvalue weighted by molar-refractivity contribution is 7.92. The van der Waals surface area contributed by atoms with Crippen LogP contribution < -0.4 is 10.5 Å². The Bertz CT molecular complexity index is 563. The summed E-state index contributed by atoms with van der Waals surface area (Å²) in [6.07, 6.45) is 2.35. The third-order valence-corrected chi connectivity index (χ3v) is 6.41. The van der Waals surface area contributed by atoms with Gasteiger partial charge in [0.2, 0.25) is 0 Å². The molecule has 4 nitrogen and oxygen atoms in total. The van der Waals surface area contributed by atoms with E-state index < -0.39 is 15.1 Å². The van der Waals surface area contributed by atoms with Crippen molar-refractivity contribution < 1.29 is 13.2 Å². The third kappa shape index (κ3) is 2.99. The number of hydrogen-bond donors (Lipinski definition) is 1. The maximum Gasteiger partial charge on any atom is 0.182 e.